The molecule has 0 amide bonds. The zero-order valence-corrected chi connectivity index (χ0v) is 15.6. The normalized spacial score (nSPS) is 17.3. The maximum atomic E-state index is 12.0. The van der Waals surface area contributed by atoms with Crippen LogP contribution in [0.25, 0.3) is 0 Å². The summed E-state index contributed by atoms with van der Waals surface area (Å²) in [6.45, 7) is 3.35. The van der Waals surface area contributed by atoms with Crippen molar-refractivity contribution in [2.45, 2.75) is 64.8 Å². The van der Waals surface area contributed by atoms with Gasteiger partial charge in [-0.1, -0.05) is 37.6 Å². The average Bonchev–Trinajstić information content (AvgIpc) is 2.67. The van der Waals surface area contributed by atoms with E-state index in [1.807, 2.05) is 0 Å². The molecule has 1 aromatic heterocycles. The van der Waals surface area contributed by atoms with Gasteiger partial charge in [0.2, 0.25) is 0 Å². The van der Waals surface area contributed by atoms with Gasteiger partial charge >= 0.3 is 0 Å². The van der Waals surface area contributed by atoms with E-state index in [1.54, 1.807) is 12.1 Å². The van der Waals surface area contributed by atoms with E-state index < -0.39 is 0 Å². The number of aromatic amines is 1. The Morgan fingerprint density at radius 2 is 1.77 bits per heavy atom. The van der Waals surface area contributed by atoms with Crippen LogP contribution in [-0.4, -0.2) is 17.9 Å². The summed E-state index contributed by atoms with van der Waals surface area (Å²) in [5.41, 5.74) is 4.48. The predicted octanol–water partition coefficient (Wildman–Crippen LogP) is 4.16. The molecule has 1 aromatic carbocycles. The number of nitrogens with one attached hydrogen (secondary N) is 1. The van der Waals surface area contributed by atoms with Crippen LogP contribution in [0.4, 0.5) is 0 Å². The predicted molar refractivity (Wildman–Crippen MR) is 103 cm³/mol. The van der Waals surface area contributed by atoms with Crippen molar-refractivity contribution >= 4 is 0 Å². The number of ether oxygens (including phenoxy) is 2. The minimum atomic E-state index is -0.141. The van der Waals surface area contributed by atoms with Crippen molar-refractivity contribution in [3.8, 4) is 0 Å². The first-order valence-corrected chi connectivity index (χ1v) is 9.76. The van der Waals surface area contributed by atoms with Gasteiger partial charge in [-0.25, -0.2) is 0 Å². The molecule has 0 bridgehead atoms. The fraction of sp³-hybridized carbons (Fsp3) is 0.500. The smallest absolute Gasteiger partial charge is 0.182 e. The average molecular weight is 355 g/mol. The second-order valence-electron chi connectivity index (χ2n) is 7.04. The molecule has 2 heterocycles. The second kappa shape index (κ2) is 9.70. The fourth-order valence-electron chi connectivity index (χ4n) is 3.34. The van der Waals surface area contributed by atoms with E-state index in [0.29, 0.717) is 6.61 Å². The number of aromatic nitrogens is 1. The standard InChI is InChI=1S/C22H29NO3/c1-2-5-17-7-9-18(10-8-17)11-12-19-14-21(24)15-20(23-19)16-26-22-6-3-4-13-25-22/h7-10,14-15,22H,2-6,11-13,16H2,1H3,(H,23,24). The summed E-state index contributed by atoms with van der Waals surface area (Å²) in [4.78, 5) is 15.3. The number of benzene rings is 1. The van der Waals surface area contributed by atoms with Crippen molar-refractivity contribution in [1.29, 1.82) is 0 Å². The van der Waals surface area contributed by atoms with E-state index in [1.165, 1.54) is 17.5 Å². The van der Waals surface area contributed by atoms with Gasteiger partial charge in [-0.15, -0.1) is 0 Å². The SMILES string of the molecule is CCCc1ccc(CCc2cc(=O)cc(COC3CCCCO3)[nH]2)cc1. The zero-order valence-electron chi connectivity index (χ0n) is 15.6. The molecule has 1 unspecified atom stereocenters. The molecule has 0 radical (unpaired) electrons. The topological polar surface area (TPSA) is 51.3 Å². The summed E-state index contributed by atoms with van der Waals surface area (Å²) in [6, 6.07) is 12.1. The zero-order chi connectivity index (χ0) is 18.2. The van der Waals surface area contributed by atoms with E-state index in [0.717, 1.165) is 56.5 Å². The van der Waals surface area contributed by atoms with E-state index in [4.69, 9.17) is 9.47 Å². The summed E-state index contributed by atoms with van der Waals surface area (Å²) in [6.07, 6.45) is 7.05. The molecule has 1 N–H and O–H groups in total. The molecule has 4 nitrogen and oxygen atoms in total. The van der Waals surface area contributed by atoms with Crippen molar-refractivity contribution in [3.63, 3.8) is 0 Å². The van der Waals surface area contributed by atoms with E-state index in [9.17, 15) is 4.79 Å². The third kappa shape index (κ3) is 5.82. The largest absolute Gasteiger partial charge is 0.360 e. The molecule has 1 aliphatic heterocycles. The lowest BCUT2D eigenvalue weighted by atomic mass is 10.0. The van der Waals surface area contributed by atoms with Crippen molar-refractivity contribution < 1.29 is 9.47 Å². The van der Waals surface area contributed by atoms with Crippen molar-refractivity contribution in [3.05, 3.63) is 69.1 Å². The summed E-state index contributed by atoms with van der Waals surface area (Å²) < 4.78 is 11.4. The van der Waals surface area contributed by atoms with Crippen LogP contribution >= 0.6 is 0 Å². The highest BCUT2D eigenvalue weighted by Gasteiger charge is 2.14. The van der Waals surface area contributed by atoms with Crippen LogP contribution in [0.3, 0.4) is 0 Å². The van der Waals surface area contributed by atoms with Crippen molar-refractivity contribution in [2.24, 2.45) is 0 Å². The Bertz CT molecular complexity index is 730. The van der Waals surface area contributed by atoms with E-state index >= 15 is 0 Å². The number of hydrogen-bond acceptors (Lipinski definition) is 3. The molecule has 140 valence electrons. The van der Waals surface area contributed by atoms with Gasteiger partial charge in [0.1, 0.15) is 0 Å². The van der Waals surface area contributed by atoms with Crippen molar-refractivity contribution in [1.82, 2.24) is 4.98 Å². The van der Waals surface area contributed by atoms with Gasteiger partial charge < -0.3 is 14.5 Å². The molecule has 4 heteroatoms. The molecule has 3 rings (SSSR count). The Hall–Kier alpha value is -1.91. The third-order valence-corrected chi connectivity index (χ3v) is 4.76. The number of H-pyrrole nitrogens is 1. The molecular weight excluding hydrogens is 326 g/mol. The van der Waals surface area contributed by atoms with Gasteiger partial charge in [0, 0.05) is 30.1 Å². The van der Waals surface area contributed by atoms with Crippen LogP contribution in [0, 0.1) is 0 Å². The summed E-state index contributed by atoms with van der Waals surface area (Å²) >= 11 is 0. The van der Waals surface area contributed by atoms with Gasteiger partial charge in [-0.3, -0.25) is 4.79 Å². The second-order valence-corrected chi connectivity index (χ2v) is 7.04. The molecule has 2 aromatic rings. The lowest BCUT2D eigenvalue weighted by molar-refractivity contribution is -0.169. The quantitative estimate of drug-likeness (QED) is 0.774. The van der Waals surface area contributed by atoms with Gasteiger partial charge in [0.05, 0.1) is 6.61 Å². The third-order valence-electron chi connectivity index (χ3n) is 4.76. The fourth-order valence-corrected chi connectivity index (χ4v) is 3.34. The Morgan fingerprint density at radius 3 is 2.46 bits per heavy atom. The Morgan fingerprint density at radius 1 is 1.04 bits per heavy atom. The van der Waals surface area contributed by atoms with Crippen LogP contribution in [0.2, 0.25) is 0 Å². The van der Waals surface area contributed by atoms with E-state index in [2.05, 4.69) is 36.2 Å². The summed E-state index contributed by atoms with van der Waals surface area (Å²) in [5.74, 6) is 0. The van der Waals surface area contributed by atoms with E-state index in [-0.39, 0.29) is 11.7 Å². The first kappa shape index (κ1) is 18.9. The first-order valence-electron chi connectivity index (χ1n) is 9.76. The first-order chi connectivity index (χ1) is 12.7. The lowest BCUT2D eigenvalue weighted by Crippen LogP contribution is -2.22. The minimum Gasteiger partial charge on any atom is -0.360 e. The number of pyridine rings is 1. The number of rotatable bonds is 8. The molecule has 1 atom stereocenters. The molecule has 1 fully saturated rings. The highest BCUT2D eigenvalue weighted by atomic mass is 16.7. The highest BCUT2D eigenvalue weighted by Crippen LogP contribution is 2.15. The van der Waals surface area contributed by atoms with Gasteiger partial charge in [0.15, 0.2) is 11.7 Å². The maximum absolute atomic E-state index is 12.0. The van der Waals surface area contributed by atoms with Crippen molar-refractivity contribution in [2.75, 3.05) is 6.61 Å². The Labute approximate surface area is 155 Å². The molecule has 0 aliphatic carbocycles. The maximum Gasteiger partial charge on any atom is 0.182 e. The Balaban J connectivity index is 1.55. The molecule has 26 heavy (non-hydrogen) atoms. The minimum absolute atomic E-state index is 0.0280. The number of aryl methyl sites for hydroxylation is 3. The molecular formula is C22H29NO3. The summed E-state index contributed by atoms with van der Waals surface area (Å²) in [5, 5.41) is 0. The monoisotopic (exact) mass is 355 g/mol. The van der Waals surface area contributed by atoms with Crippen LogP contribution in [0.1, 0.15) is 55.1 Å². The van der Waals surface area contributed by atoms with Gasteiger partial charge in [0.25, 0.3) is 0 Å². The lowest BCUT2D eigenvalue weighted by Gasteiger charge is -2.22. The molecule has 1 aliphatic rings. The molecule has 1 saturated heterocycles. The van der Waals surface area contributed by atoms with Crippen LogP contribution in [0.15, 0.2) is 41.2 Å². The highest BCUT2D eigenvalue weighted by molar-refractivity contribution is 5.23. The molecule has 0 saturated carbocycles. The van der Waals surface area contributed by atoms with Crippen LogP contribution in [0.5, 0.6) is 0 Å². The van der Waals surface area contributed by atoms with Crippen LogP contribution in [-0.2, 0) is 35.3 Å². The van der Waals surface area contributed by atoms with Gasteiger partial charge in [-0.2, -0.15) is 0 Å². The number of hydrogen-bond donors (Lipinski definition) is 1. The summed E-state index contributed by atoms with van der Waals surface area (Å²) in [7, 11) is 0. The van der Waals surface area contributed by atoms with Gasteiger partial charge in [-0.05, 0) is 49.7 Å². The molecule has 0 spiro atoms. The Kier molecular flexibility index (Phi) is 7.04. The van der Waals surface area contributed by atoms with Crippen LogP contribution < -0.4 is 5.43 Å².